The summed E-state index contributed by atoms with van der Waals surface area (Å²) in [5.74, 6) is -1.36. The van der Waals surface area contributed by atoms with E-state index >= 15 is 0 Å². The average Bonchev–Trinajstić information content (AvgIpc) is 2.41. The van der Waals surface area contributed by atoms with Crippen LogP contribution in [0.15, 0.2) is 18.3 Å². The van der Waals surface area contributed by atoms with E-state index in [1.165, 1.54) is 13.3 Å². The fourth-order valence-electron chi connectivity index (χ4n) is 1.99. The number of nitrogens with one attached hydrogen (secondary N) is 1. The zero-order valence-electron chi connectivity index (χ0n) is 12.8. The number of esters is 1. The molecule has 1 unspecified atom stereocenters. The molecular formula is C15H22N2O4. The van der Waals surface area contributed by atoms with Gasteiger partial charge in [0.2, 0.25) is 0 Å². The topological polar surface area (TPSA) is 88.5 Å². The molecule has 0 aromatic carbocycles. The normalized spacial score (nSPS) is 12.6. The Labute approximate surface area is 124 Å². The van der Waals surface area contributed by atoms with Crippen molar-refractivity contribution in [1.29, 1.82) is 0 Å². The lowest BCUT2D eigenvalue weighted by molar-refractivity contribution is -0.142. The maximum absolute atomic E-state index is 11.4. The number of carbonyl (C=O) groups excluding carboxylic acids is 1. The van der Waals surface area contributed by atoms with Crippen molar-refractivity contribution in [2.24, 2.45) is 11.3 Å². The molecule has 0 radical (unpaired) electrons. The number of hydrogen-bond donors (Lipinski definition) is 2. The van der Waals surface area contributed by atoms with Crippen LogP contribution in [-0.2, 0) is 9.53 Å². The Hall–Kier alpha value is -2.11. The summed E-state index contributed by atoms with van der Waals surface area (Å²) in [6.45, 7) is 6.25. The number of hydrogen-bond acceptors (Lipinski definition) is 5. The summed E-state index contributed by atoms with van der Waals surface area (Å²) in [7, 11) is 1.31. The summed E-state index contributed by atoms with van der Waals surface area (Å²) in [5.41, 5.74) is 0.296. The molecular weight excluding hydrogens is 272 g/mol. The number of anilines is 1. The fraction of sp³-hybridized carbons (Fsp3) is 0.533. The second kappa shape index (κ2) is 7.06. The molecule has 0 fully saturated rings. The molecule has 21 heavy (non-hydrogen) atoms. The molecule has 0 aliphatic carbocycles. The number of carboxylic acids is 1. The van der Waals surface area contributed by atoms with Crippen LogP contribution in [0.4, 0.5) is 5.82 Å². The van der Waals surface area contributed by atoms with Crippen LogP contribution in [0.3, 0.4) is 0 Å². The third-order valence-corrected chi connectivity index (χ3v) is 2.92. The number of aliphatic carboxylic acids is 1. The van der Waals surface area contributed by atoms with Gasteiger partial charge in [-0.15, -0.1) is 0 Å². The van der Waals surface area contributed by atoms with Crippen LogP contribution in [0, 0.1) is 11.3 Å². The van der Waals surface area contributed by atoms with Crippen molar-refractivity contribution >= 4 is 17.8 Å². The van der Waals surface area contributed by atoms with E-state index in [2.05, 4.69) is 15.0 Å². The summed E-state index contributed by atoms with van der Waals surface area (Å²) in [6.07, 6.45) is 2.03. The molecule has 0 saturated carbocycles. The minimum absolute atomic E-state index is 0.0774. The molecule has 1 heterocycles. The minimum Gasteiger partial charge on any atom is -0.481 e. The molecule has 0 bridgehead atoms. The number of carboxylic acid groups (broad SMARTS) is 1. The van der Waals surface area contributed by atoms with Gasteiger partial charge >= 0.3 is 11.9 Å². The third kappa shape index (κ3) is 5.81. The zero-order valence-corrected chi connectivity index (χ0v) is 12.8. The summed E-state index contributed by atoms with van der Waals surface area (Å²) < 4.78 is 4.63. The molecule has 1 aromatic rings. The van der Waals surface area contributed by atoms with Crippen molar-refractivity contribution in [3.8, 4) is 0 Å². The first-order chi connectivity index (χ1) is 9.73. The molecule has 0 saturated heterocycles. The van der Waals surface area contributed by atoms with Crippen molar-refractivity contribution < 1.29 is 19.4 Å². The van der Waals surface area contributed by atoms with Gasteiger partial charge in [-0.2, -0.15) is 0 Å². The van der Waals surface area contributed by atoms with E-state index in [1.807, 2.05) is 20.8 Å². The molecule has 1 aromatic heterocycles. The lowest BCUT2D eigenvalue weighted by Crippen LogP contribution is -2.27. The first-order valence-corrected chi connectivity index (χ1v) is 6.74. The number of methoxy groups -OCH3 is 1. The molecule has 0 aliphatic heterocycles. The van der Waals surface area contributed by atoms with Gasteiger partial charge in [0.05, 0.1) is 18.6 Å². The highest BCUT2D eigenvalue weighted by molar-refractivity contribution is 5.90. The van der Waals surface area contributed by atoms with Crippen molar-refractivity contribution in [2.75, 3.05) is 19.0 Å². The molecule has 1 atom stereocenters. The Bertz CT molecular complexity index is 509. The van der Waals surface area contributed by atoms with Gasteiger partial charge in [-0.05, 0) is 24.0 Å². The quantitative estimate of drug-likeness (QED) is 0.783. The third-order valence-electron chi connectivity index (χ3n) is 2.92. The molecule has 0 spiro atoms. The summed E-state index contributed by atoms with van der Waals surface area (Å²) in [6, 6.07) is 3.09. The van der Waals surface area contributed by atoms with Gasteiger partial charge in [-0.25, -0.2) is 9.78 Å². The van der Waals surface area contributed by atoms with Crippen LogP contribution in [-0.4, -0.2) is 35.7 Å². The van der Waals surface area contributed by atoms with Crippen LogP contribution < -0.4 is 5.32 Å². The Morgan fingerprint density at radius 3 is 2.62 bits per heavy atom. The fourth-order valence-corrected chi connectivity index (χ4v) is 1.99. The Kier molecular flexibility index (Phi) is 5.69. The average molecular weight is 294 g/mol. The number of nitrogens with zero attached hydrogens (tertiary/aromatic N) is 1. The molecule has 1 rings (SSSR count). The Morgan fingerprint density at radius 2 is 2.10 bits per heavy atom. The molecule has 6 nitrogen and oxygen atoms in total. The van der Waals surface area contributed by atoms with Gasteiger partial charge in [-0.1, -0.05) is 20.8 Å². The van der Waals surface area contributed by atoms with E-state index in [0.29, 0.717) is 17.8 Å². The van der Waals surface area contributed by atoms with Gasteiger partial charge < -0.3 is 15.2 Å². The highest BCUT2D eigenvalue weighted by atomic mass is 16.5. The summed E-state index contributed by atoms with van der Waals surface area (Å²) in [4.78, 5) is 26.8. The summed E-state index contributed by atoms with van der Waals surface area (Å²) in [5, 5.41) is 12.2. The summed E-state index contributed by atoms with van der Waals surface area (Å²) >= 11 is 0. The number of ether oxygens (including phenoxy) is 1. The molecule has 0 aliphatic rings. The van der Waals surface area contributed by atoms with Gasteiger partial charge in [0.25, 0.3) is 0 Å². The Morgan fingerprint density at radius 1 is 1.43 bits per heavy atom. The predicted molar refractivity (Wildman–Crippen MR) is 79.3 cm³/mol. The van der Waals surface area contributed by atoms with Crippen LogP contribution in [0.1, 0.15) is 37.6 Å². The van der Waals surface area contributed by atoms with E-state index in [4.69, 9.17) is 0 Å². The van der Waals surface area contributed by atoms with Crippen LogP contribution >= 0.6 is 0 Å². The van der Waals surface area contributed by atoms with Crippen LogP contribution in [0.2, 0.25) is 0 Å². The van der Waals surface area contributed by atoms with Crippen molar-refractivity contribution in [3.63, 3.8) is 0 Å². The second-order valence-corrected chi connectivity index (χ2v) is 6.10. The van der Waals surface area contributed by atoms with Gasteiger partial charge in [-0.3, -0.25) is 4.79 Å². The van der Waals surface area contributed by atoms with Gasteiger partial charge in [0.15, 0.2) is 0 Å². The van der Waals surface area contributed by atoms with E-state index in [9.17, 15) is 14.7 Å². The molecule has 0 amide bonds. The number of pyridine rings is 1. The van der Waals surface area contributed by atoms with E-state index in [-0.39, 0.29) is 12.0 Å². The Balaban J connectivity index is 2.72. The minimum atomic E-state index is -0.846. The maximum atomic E-state index is 11.4. The molecule has 6 heteroatoms. The predicted octanol–water partition coefficient (Wildman–Crippen LogP) is 2.42. The maximum Gasteiger partial charge on any atom is 0.338 e. The number of rotatable bonds is 6. The van der Waals surface area contributed by atoms with Gasteiger partial charge in [0.1, 0.15) is 5.82 Å². The smallest absolute Gasteiger partial charge is 0.338 e. The first kappa shape index (κ1) is 16.9. The highest BCUT2D eigenvalue weighted by Gasteiger charge is 2.24. The first-order valence-electron chi connectivity index (χ1n) is 6.74. The second-order valence-electron chi connectivity index (χ2n) is 6.10. The van der Waals surface area contributed by atoms with E-state index < -0.39 is 17.9 Å². The van der Waals surface area contributed by atoms with E-state index in [1.54, 1.807) is 12.1 Å². The van der Waals surface area contributed by atoms with E-state index in [0.717, 1.165) is 0 Å². The van der Waals surface area contributed by atoms with Crippen LogP contribution in [0.25, 0.3) is 0 Å². The largest absolute Gasteiger partial charge is 0.481 e. The van der Waals surface area contributed by atoms with Crippen molar-refractivity contribution in [3.05, 3.63) is 23.9 Å². The molecule has 116 valence electrons. The lowest BCUT2D eigenvalue weighted by Gasteiger charge is -2.23. The van der Waals surface area contributed by atoms with Crippen molar-refractivity contribution in [1.82, 2.24) is 4.98 Å². The monoisotopic (exact) mass is 294 g/mol. The SMILES string of the molecule is COC(=O)c1ccnc(NCC(CC(C)(C)C)C(=O)O)c1. The standard InChI is InChI=1S/C15H22N2O4/c1-15(2,3)8-11(13(18)19)9-17-12-7-10(5-6-16-12)14(20)21-4/h5-7,11H,8-9H2,1-4H3,(H,16,17)(H,18,19). The van der Waals surface area contributed by atoms with Crippen LogP contribution in [0.5, 0.6) is 0 Å². The zero-order chi connectivity index (χ0) is 16.0. The molecule has 2 N–H and O–H groups in total. The highest BCUT2D eigenvalue weighted by Crippen LogP contribution is 2.25. The number of aromatic nitrogens is 1. The van der Waals surface area contributed by atoms with Gasteiger partial charge in [0, 0.05) is 12.7 Å². The van der Waals surface area contributed by atoms with Crippen molar-refractivity contribution in [2.45, 2.75) is 27.2 Å². The number of carbonyl (C=O) groups is 2. The lowest BCUT2D eigenvalue weighted by atomic mass is 9.84.